The first-order valence-electron chi connectivity index (χ1n) is 8.77. The third-order valence-corrected chi connectivity index (χ3v) is 4.99. The van der Waals surface area contributed by atoms with Gasteiger partial charge in [-0.15, -0.1) is 0 Å². The van der Waals surface area contributed by atoms with E-state index in [9.17, 15) is 14.0 Å². The van der Waals surface area contributed by atoms with Gasteiger partial charge in [-0.2, -0.15) is 0 Å². The molecule has 0 spiro atoms. The van der Waals surface area contributed by atoms with Crippen LogP contribution in [0.1, 0.15) is 10.4 Å². The van der Waals surface area contributed by atoms with E-state index in [0.29, 0.717) is 42.0 Å². The summed E-state index contributed by atoms with van der Waals surface area (Å²) < 4.78 is 24.7. The summed E-state index contributed by atoms with van der Waals surface area (Å²) in [4.78, 5) is 28.2. The molecule has 0 bridgehead atoms. The van der Waals surface area contributed by atoms with Crippen LogP contribution in [-0.4, -0.2) is 61.5 Å². The number of nitrogens with zero attached hydrogens (tertiary/aromatic N) is 2. The molecule has 28 heavy (non-hydrogen) atoms. The summed E-state index contributed by atoms with van der Waals surface area (Å²) in [5.41, 5.74) is 0.578. The van der Waals surface area contributed by atoms with E-state index in [-0.39, 0.29) is 24.2 Å². The number of carbonyl (C=O) groups is 2. The van der Waals surface area contributed by atoms with Crippen molar-refractivity contribution in [3.63, 3.8) is 0 Å². The second-order valence-electron chi connectivity index (χ2n) is 6.26. The van der Waals surface area contributed by atoms with Gasteiger partial charge in [-0.05, 0) is 42.5 Å². The minimum absolute atomic E-state index is 0.0323. The molecule has 0 saturated carbocycles. The molecule has 2 aromatic rings. The average Bonchev–Trinajstić information content (AvgIpc) is 2.72. The SMILES string of the molecule is COc1ccc(C(=O)N2CCN(C(=O)COc3ccc(Br)cc3F)CC2)cc1. The van der Waals surface area contributed by atoms with Crippen molar-refractivity contribution in [2.45, 2.75) is 0 Å². The molecule has 0 atom stereocenters. The van der Waals surface area contributed by atoms with E-state index in [4.69, 9.17) is 9.47 Å². The molecular weight excluding hydrogens is 431 g/mol. The largest absolute Gasteiger partial charge is 0.497 e. The Balaban J connectivity index is 1.49. The summed E-state index contributed by atoms with van der Waals surface area (Å²) in [5.74, 6) is -0.127. The number of ether oxygens (including phenoxy) is 2. The highest BCUT2D eigenvalue weighted by atomic mass is 79.9. The van der Waals surface area contributed by atoms with Crippen molar-refractivity contribution in [1.29, 1.82) is 0 Å². The fourth-order valence-electron chi connectivity index (χ4n) is 2.90. The first-order valence-corrected chi connectivity index (χ1v) is 9.56. The van der Waals surface area contributed by atoms with Gasteiger partial charge in [-0.25, -0.2) is 4.39 Å². The van der Waals surface area contributed by atoms with Crippen LogP contribution in [0.5, 0.6) is 11.5 Å². The number of methoxy groups -OCH3 is 1. The van der Waals surface area contributed by atoms with Crippen molar-refractivity contribution in [2.75, 3.05) is 39.9 Å². The zero-order valence-electron chi connectivity index (χ0n) is 15.4. The molecule has 8 heteroatoms. The van der Waals surface area contributed by atoms with Crippen LogP contribution < -0.4 is 9.47 Å². The van der Waals surface area contributed by atoms with Gasteiger partial charge in [-0.3, -0.25) is 9.59 Å². The summed E-state index contributed by atoms with van der Waals surface area (Å²) in [7, 11) is 1.57. The Morgan fingerprint density at radius 1 is 1.04 bits per heavy atom. The fraction of sp³-hybridized carbons (Fsp3) is 0.300. The third kappa shape index (κ3) is 4.81. The van der Waals surface area contributed by atoms with Gasteiger partial charge in [0.1, 0.15) is 5.75 Å². The Labute approximate surface area is 171 Å². The van der Waals surface area contributed by atoms with Crippen molar-refractivity contribution in [3.8, 4) is 11.5 Å². The molecule has 6 nitrogen and oxygen atoms in total. The van der Waals surface area contributed by atoms with Crippen LogP contribution in [0.15, 0.2) is 46.9 Å². The fourth-order valence-corrected chi connectivity index (χ4v) is 3.23. The predicted octanol–water partition coefficient (Wildman–Crippen LogP) is 2.96. The van der Waals surface area contributed by atoms with Crippen molar-refractivity contribution < 1.29 is 23.5 Å². The van der Waals surface area contributed by atoms with Gasteiger partial charge in [0.15, 0.2) is 18.2 Å². The van der Waals surface area contributed by atoms with Gasteiger partial charge in [-0.1, -0.05) is 15.9 Å². The van der Waals surface area contributed by atoms with Crippen molar-refractivity contribution in [2.24, 2.45) is 0 Å². The summed E-state index contributed by atoms with van der Waals surface area (Å²) in [6.07, 6.45) is 0. The smallest absolute Gasteiger partial charge is 0.260 e. The van der Waals surface area contributed by atoms with Crippen molar-refractivity contribution in [1.82, 2.24) is 9.80 Å². The van der Waals surface area contributed by atoms with Crippen molar-refractivity contribution >= 4 is 27.7 Å². The molecule has 0 radical (unpaired) electrons. The van der Waals surface area contributed by atoms with Crippen LogP contribution in [0, 0.1) is 5.82 Å². The summed E-state index contributed by atoms with van der Waals surface area (Å²) in [6.45, 7) is 1.44. The maximum atomic E-state index is 13.8. The monoisotopic (exact) mass is 450 g/mol. The molecule has 1 aliphatic heterocycles. The van der Waals surface area contributed by atoms with Gasteiger partial charge >= 0.3 is 0 Å². The Kier molecular flexibility index (Phi) is 6.51. The summed E-state index contributed by atoms with van der Waals surface area (Å²) >= 11 is 3.17. The molecule has 0 aliphatic carbocycles. The molecule has 0 N–H and O–H groups in total. The lowest BCUT2D eigenvalue weighted by Crippen LogP contribution is -2.51. The number of amides is 2. The van der Waals surface area contributed by atoms with Crippen LogP contribution in [0.3, 0.4) is 0 Å². The Morgan fingerprint density at radius 3 is 2.29 bits per heavy atom. The van der Waals surface area contributed by atoms with E-state index in [2.05, 4.69) is 15.9 Å². The average molecular weight is 451 g/mol. The molecule has 3 rings (SSSR count). The Hall–Kier alpha value is -2.61. The lowest BCUT2D eigenvalue weighted by atomic mass is 10.1. The van der Waals surface area contributed by atoms with Crippen LogP contribution in [0.4, 0.5) is 4.39 Å². The number of piperazine rings is 1. The molecule has 148 valence electrons. The Bertz CT molecular complexity index is 852. The van der Waals surface area contributed by atoms with E-state index in [1.807, 2.05) is 0 Å². The Morgan fingerprint density at radius 2 is 1.68 bits per heavy atom. The van der Waals surface area contributed by atoms with Gasteiger partial charge in [0, 0.05) is 36.2 Å². The van der Waals surface area contributed by atoms with Crippen molar-refractivity contribution in [3.05, 3.63) is 58.3 Å². The normalized spacial score (nSPS) is 14.0. The maximum absolute atomic E-state index is 13.8. The molecule has 1 heterocycles. The van der Waals surface area contributed by atoms with Gasteiger partial charge < -0.3 is 19.3 Å². The first-order chi connectivity index (χ1) is 13.5. The molecule has 1 fully saturated rings. The minimum atomic E-state index is -0.530. The second-order valence-corrected chi connectivity index (χ2v) is 7.18. The number of carbonyl (C=O) groups excluding carboxylic acids is 2. The number of rotatable bonds is 5. The quantitative estimate of drug-likeness (QED) is 0.702. The number of benzene rings is 2. The van der Waals surface area contributed by atoms with E-state index in [1.165, 1.54) is 12.1 Å². The highest BCUT2D eigenvalue weighted by Gasteiger charge is 2.25. The number of hydrogen-bond donors (Lipinski definition) is 0. The molecule has 2 amide bonds. The molecular formula is C20H20BrFN2O4. The standard InChI is InChI=1S/C20H20BrFN2O4/c1-27-16-5-2-14(3-6-16)20(26)24-10-8-23(9-11-24)19(25)13-28-18-7-4-15(21)12-17(18)22/h2-7,12H,8-11,13H2,1H3. The molecule has 1 saturated heterocycles. The van der Waals surface area contributed by atoms with Gasteiger partial charge in [0.2, 0.25) is 0 Å². The number of hydrogen-bond acceptors (Lipinski definition) is 4. The lowest BCUT2D eigenvalue weighted by Gasteiger charge is -2.34. The second kappa shape index (κ2) is 9.05. The predicted molar refractivity (Wildman–Crippen MR) is 105 cm³/mol. The van der Waals surface area contributed by atoms with E-state index < -0.39 is 5.82 Å². The first kappa shape index (κ1) is 20.1. The van der Waals surface area contributed by atoms with Crippen LogP contribution >= 0.6 is 15.9 Å². The van der Waals surface area contributed by atoms with Gasteiger partial charge in [0.25, 0.3) is 11.8 Å². The third-order valence-electron chi connectivity index (χ3n) is 4.50. The van der Waals surface area contributed by atoms with E-state index in [1.54, 1.807) is 47.2 Å². The minimum Gasteiger partial charge on any atom is -0.497 e. The lowest BCUT2D eigenvalue weighted by molar-refractivity contribution is -0.134. The molecule has 2 aromatic carbocycles. The zero-order chi connectivity index (χ0) is 20.1. The molecule has 1 aliphatic rings. The van der Waals surface area contributed by atoms with Crippen LogP contribution in [0.2, 0.25) is 0 Å². The summed E-state index contributed by atoms with van der Waals surface area (Å²) in [5, 5.41) is 0. The van der Waals surface area contributed by atoms with E-state index >= 15 is 0 Å². The van der Waals surface area contributed by atoms with E-state index in [0.717, 1.165) is 0 Å². The number of halogens is 2. The van der Waals surface area contributed by atoms with Crippen LogP contribution in [0.25, 0.3) is 0 Å². The summed E-state index contributed by atoms with van der Waals surface area (Å²) in [6, 6.07) is 11.3. The topological polar surface area (TPSA) is 59.1 Å². The highest BCUT2D eigenvalue weighted by molar-refractivity contribution is 9.10. The highest BCUT2D eigenvalue weighted by Crippen LogP contribution is 2.21. The molecule has 0 aromatic heterocycles. The maximum Gasteiger partial charge on any atom is 0.260 e. The molecule has 0 unspecified atom stereocenters. The van der Waals surface area contributed by atoms with Gasteiger partial charge in [0.05, 0.1) is 7.11 Å². The van der Waals surface area contributed by atoms with Crippen LogP contribution in [-0.2, 0) is 4.79 Å². The zero-order valence-corrected chi connectivity index (χ0v) is 16.9.